The molecule has 0 N–H and O–H groups in total. The lowest BCUT2D eigenvalue weighted by Crippen LogP contribution is -2.35. The molecule has 0 spiro atoms. The Morgan fingerprint density at radius 1 is 1.12 bits per heavy atom. The highest BCUT2D eigenvalue weighted by Gasteiger charge is 2.26. The minimum absolute atomic E-state index is 0.0285. The van der Waals surface area contributed by atoms with E-state index >= 15 is 0 Å². The number of sulfonamides is 1. The van der Waals surface area contributed by atoms with Crippen LogP contribution in [0.15, 0.2) is 46.7 Å². The van der Waals surface area contributed by atoms with Crippen LogP contribution in [-0.4, -0.2) is 43.7 Å². The van der Waals surface area contributed by atoms with Gasteiger partial charge in [-0.2, -0.15) is 4.31 Å². The van der Waals surface area contributed by atoms with Crippen molar-refractivity contribution < 1.29 is 13.2 Å². The number of thiophene rings is 1. The standard InChI is InChI=1S/C19H24N2O3S2/c1-15(18-7-6-14-25-18)20(2)19(22)16-8-10-17(11-9-16)26(23,24)21-12-4-3-5-13-21/h6-11,14-15H,3-5,12-13H2,1-2H3. The van der Waals surface area contributed by atoms with E-state index < -0.39 is 10.0 Å². The molecule has 3 rings (SSSR count). The second-order valence-corrected chi connectivity index (χ2v) is 9.51. The molecule has 0 saturated carbocycles. The Balaban J connectivity index is 1.75. The Hall–Kier alpha value is -1.70. The molecule has 0 aliphatic carbocycles. The largest absolute Gasteiger partial charge is 0.334 e. The van der Waals surface area contributed by atoms with Crippen molar-refractivity contribution in [2.45, 2.75) is 37.1 Å². The van der Waals surface area contributed by atoms with Gasteiger partial charge in [0.25, 0.3) is 5.91 Å². The van der Waals surface area contributed by atoms with Crippen LogP contribution < -0.4 is 0 Å². The predicted octanol–water partition coefficient (Wildman–Crippen LogP) is 3.76. The van der Waals surface area contributed by atoms with Crippen LogP contribution in [0.25, 0.3) is 0 Å². The van der Waals surface area contributed by atoms with Gasteiger partial charge in [-0.15, -0.1) is 11.3 Å². The number of hydrogen-bond donors (Lipinski definition) is 0. The molecule has 26 heavy (non-hydrogen) atoms. The van der Waals surface area contributed by atoms with Crippen LogP contribution in [0.3, 0.4) is 0 Å². The van der Waals surface area contributed by atoms with E-state index in [2.05, 4.69) is 0 Å². The van der Waals surface area contributed by atoms with E-state index in [0.29, 0.717) is 18.7 Å². The van der Waals surface area contributed by atoms with Crippen molar-refractivity contribution in [2.75, 3.05) is 20.1 Å². The van der Waals surface area contributed by atoms with Gasteiger partial charge in [-0.1, -0.05) is 12.5 Å². The molecule has 7 heteroatoms. The zero-order chi connectivity index (χ0) is 18.7. The number of carbonyl (C=O) groups is 1. The molecule has 0 bridgehead atoms. The summed E-state index contributed by atoms with van der Waals surface area (Å²) in [6, 6.07) is 10.2. The molecule has 1 aromatic heterocycles. The second-order valence-electron chi connectivity index (χ2n) is 6.60. The zero-order valence-electron chi connectivity index (χ0n) is 15.1. The average Bonchev–Trinajstić information content (AvgIpc) is 3.22. The molecular weight excluding hydrogens is 368 g/mol. The summed E-state index contributed by atoms with van der Waals surface area (Å²) in [5.74, 6) is -0.118. The molecule has 1 aliphatic rings. The van der Waals surface area contributed by atoms with Crippen molar-refractivity contribution >= 4 is 27.3 Å². The second kappa shape index (κ2) is 7.90. The lowest BCUT2D eigenvalue weighted by atomic mass is 10.1. The number of benzene rings is 1. The third kappa shape index (κ3) is 3.84. The molecule has 1 saturated heterocycles. The lowest BCUT2D eigenvalue weighted by Gasteiger charge is -2.26. The van der Waals surface area contributed by atoms with E-state index in [9.17, 15) is 13.2 Å². The van der Waals surface area contributed by atoms with Gasteiger partial charge < -0.3 is 4.90 Å². The Labute approximate surface area is 159 Å². The van der Waals surface area contributed by atoms with E-state index in [1.54, 1.807) is 47.5 Å². The number of rotatable bonds is 5. The van der Waals surface area contributed by atoms with E-state index in [0.717, 1.165) is 24.1 Å². The molecule has 2 heterocycles. The Kier molecular flexibility index (Phi) is 5.79. The minimum Gasteiger partial charge on any atom is -0.334 e. The summed E-state index contributed by atoms with van der Waals surface area (Å²) in [5.41, 5.74) is 0.494. The molecule has 1 amide bonds. The minimum atomic E-state index is -3.47. The van der Waals surface area contributed by atoms with Crippen molar-refractivity contribution in [2.24, 2.45) is 0 Å². The number of amides is 1. The van der Waals surface area contributed by atoms with Crippen molar-refractivity contribution in [1.82, 2.24) is 9.21 Å². The molecule has 5 nitrogen and oxygen atoms in total. The first-order valence-corrected chi connectivity index (χ1v) is 11.1. The van der Waals surface area contributed by atoms with Gasteiger partial charge in [-0.25, -0.2) is 8.42 Å². The maximum absolute atomic E-state index is 12.7. The number of hydrogen-bond acceptors (Lipinski definition) is 4. The van der Waals surface area contributed by atoms with Crippen LogP contribution in [0.1, 0.15) is 47.5 Å². The van der Waals surface area contributed by atoms with Gasteiger partial charge in [-0.05, 0) is 55.5 Å². The Morgan fingerprint density at radius 2 is 1.77 bits per heavy atom. The van der Waals surface area contributed by atoms with Gasteiger partial charge in [0.1, 0.15) is 0 Å². The fraction of sp³-hybridized carbons (Fsp3) is 0.421. The smallest absolute Gasteiger partial charge is 0.254 e. The van der Waals surface area contributed by atoms with Gasteiger partial charge >= 0.3 is 0 Å². The summed E-state index contributed by atoms with van der Waals surface area (Å²) in [6.07, 6.45) is 2.89. The third-order valence-electron chi connectivity index (χ3n) is 4.91. The maximum atomic E-state index is 12.7. The van der Waals surface area contributed by atoms with Crippen LogP contribution >= 0.6 is 11.3 Å². The van der Waals surface area contributed by atoms with Crippen molar-refractivity contribution in [3.05, 3.63) is 52.2 Å². The third-order valence-corrected chi connectivity index (χ3v) is 7.87. The summed E-state index contributed by atoms with van der Waals surface area (Å²) in [6.45, 7) is 3.13. The fourth-order valence-electron chi connectivity index (χ4n) is 3.12. The maximum Gasteiger partial charge on any atom is 0.254 e. The highest BCUT2D eigenvalue weighted by molar-refractivity contribution is 7.89. The zero-order valence-corrected chi connectivity index (χ0v) is 16.7. The highest BCUT2D eigenvalue weighted by atomic mass is 32.2. The van der Waals surface area contributed by atoms with Gasteiger partial charge in [0, 0.05) is 30.6 Å². The van der Waals surface area contributed by atoms with Crippen molar-refractivity contribution in [3.8, 4) is 0 Å². The van der Waals surface area contributed by atoms with E-state index in [1.807, 2.05) is 24.4 Å². The SMILES string of the molecule is CC(c1cccs1)N(C)C(=O)c1ccc(S(=O)(=O)N2CCCCC2)cc1. The van der Waals surface area contributed by atoms with Crippen LogP contribution in [0, 0.1) is 0 Å². The molecule has 1 aromatic carbocycles. The topological polar surface area (TPSA) is 57.7 Å². The van der Waals surface area contributed by atoms with Crippen LogP contribution in [0.2, 0.25) is 0 Å². The molecule has 1 unspecified atom stereocenters. The quantitative estimate of drug-likeness (QED) is 0.778. The van der Waals surface area contributed by atoms with Gasteiger partial charge in [0.05, 0.1) is 10.9 Å². The average molecular weight is 393 g/mol. The van der Waals surface area contributed by atoms with Crippen LogP contribution in [-0.2, 0) is 10.0 Å². The van der Waals surface area contributed by atoms with E-state index in [1.165, 1.54) is 4.31 Å². The van der Waals surface area contributed by atoms with E-state index in [4.69, 9.17) is 0 Å². The number of piperidine rings is 1. The highest BCUT2D eigenvalue weighted by Crippen LogP contribution is 2.26. The molecule has 2 aromatic rings. The first-order valence-electron chi connectivity index (χ1n) is 8.82. The summed E-state index contributed by atoms with van der Waals surface area (Å²) >= 11 is 1.61. The van der Waals surface area contributed by atoms with Crippen LogP contribution in [0.5, 0.6) is 0 Å². The molecule has 1 aliphatic heterocycles. The molecule has 1 atom stereocenters. The first-order chi connectivity index (χ1) is 12.4. The van der Waals surface area contributed by atoms with Gasteiger partial charge in [0.15, 0.2) is 0 Å². The summed E-state index contributed by atoms with van der Waals surface area (Å²) < 4.78 is 26.9. The summed E-state index contributed by atoms with van der Waals surface area (Å²) in [4.78, 5) is 15.8. The summed E-state index contributed by atoms with van der Waals surface area (Å²) in [5, 5.41) is 1.99. The Morgan fingerprint density at radius 3 is 2.35 bits per heavy atom. The monoisotopic (exact) mass is 392 g/mol. The number of nitrogens with zero attached hydrogens (tertiary/aromatic N) is 2. The van der Waals surface area contributed by atoms with Crippen molar-refractivity contribution in [1.29, 1.82) is 0 Å². The molecule has 0 radical (unpaired) electrons. The van der Waals surface area contributed by atoms with Gasteiger partial charge in [0.2, 0.25) is 10.0 Å². The predicted molar refractivity (Wildman–Crippen MR) is 104 cm³/mol. The van der Waals surface area contributed by atoms with Crippen molar-refractivity contribution in [3.63, 3.8) is 0 Å². The molecule has 140 valence electrons. The Bertz CT molecular complexity index is 839. The molecule has 1 fully saturated rings. The van der Waals surface area contributed by atoms with E-state index in [-0.39, 0.29) is 16.8 Å². The van der Waals surface area contributed by atoms with Crippen LogP contribution in [0.4, 0.5) is 0 Å². The summed E-state index contributed by atoms with van der Waals surface area (Å²) in [7, 11) is -1.70. The lowest BCUT2D eigenvalue weighted by molar-refractivity contribution is 0.0745. The normalized spacial score (nSPS) is 17.0. The molecular formula is C19H24N2O3S2. The number of carbonyl (C=O) groups excluding carboxylic acids is 1. The fourth-order valence-corrected chi connectivity index (χ4v) is 5.47. The van der Waals surface area contributed by atoms with Gasteiger partial charge in [-0.3, -0.25) is 4.79 Å². The first kappa shape index (κ1) is 19.1.